The van der Waals surface area contributed by atoms with Gasteiger partial charge in [0.2, 0.25) is 11.7 Å². The van der Waals surface area contributed by atoms with E-state index in [4.69, 9.17) is 19.3 Å². The summed E-state index contributed by atoms with van der Waals surface area (Å²) < 4.78 is 18.4. The SMILES string of the molecule is COc1cc([C@H]2SCC(=O)Nc3c2c(C)nn3-c2ccc(C)cc2)cc(OC)c1OC. The van der Waals surface area contributed by atoms with Gasteiger partial charge in [-0.2, -0.15) is 5.10 Å². The summed E-state index contributed by atoms with van der Waals surface area (Å²) in [6.07, 6.45) is 0. The first-order chi connectivity index (χ1) is 15.0. The largest absolute Gasteiger partial charge is 0.493 e. The molecule has 0 bridgehead atoms. The number of carbonyl (C=O) groups excluding carboxylic acids is 1. The predicted octanol–water partition coefficient (Wildman–Crippen LogP) is 4.29. The van der Waals surface area contributed by atoms with Crippen LogP contribution in [0.1, 0.15) is 27.6 Å². The van der Waals surface area contributed by atoms with E-state index in [0.717, 1.165) is 28.1 Å². The molecular formula is C23H25N3O4S. The molecule has 1 atom stereocenters. The van der Waals surface area contributed by atoms with Gasteiger partial charge >= 0.3 is 0 Å². The molecule has 1 aliphatic rings. The fraction of sp³-hybridized carbons (Fsp3) is 0.304. The van der Waals surface area contributed by atoms with Gasteiger partial charge < -0.3 is 19.5 Å². The van der Waals surface area contributed by atoms with Crippen LogP contribution in [0.15, 0.2) is 36.4 Å². The van der Waals surface area contributed by atoms with E-state index >= 15 is 0 Å². The second-order valence-electron chi connectivity index (χ2n) is 7.29. The molecule has 7 nitrogen and oxygen atoms in total. The Labute approximate surface area is 185 Å². The molecule has 0 radical (unpaired) electrons. The Hall–Kier alpha value is -3.13. The molecule has 162 valence electrons. The Morgan fingerprint density at radius 3 is 2.26 bits per heavy atom. The molecule has 0 saturated carbocycles. The lowest BCUT2D eigenvalue weighted by molar-refractivity contribution is -0.113. The first-order valence-corrected chi connectivity index (χ1v) is 10.9. The van der Waals surface area contributed by atoms with Crippen LogP contribution in [0.25, 0.3) is 5.69 Å². The van der Waals surface area contributed by atoms with Gasteiger partial charge in [0.15, 0.2) is 11.5 Å². The zero-order valence-electron chi connectivity index (χ0n) is 18.2. The number of carbonyl (C=O) groups is 1. The molecular weight excluding hydrogens is 414 g/mol. The van der Waals surface area contributed by atoms with E-state index in [-0.39, 0.29) is 11.2 Å². The molecule has 2 aromatic carbocycles. The number of amides is 1. The van der Waals surface area contributed by atoms with Crippen molar-refractivity contribution < 1.29 is 19.0 Å². The molecule has 3 aromatic rings. The number of anilines is 1. The predicted molar refractivity (Wildman–Crippen MR) is 122 cm³/mol. The van der Waals surface area contributed by atoms with E-state index in [9.17, 15) is 4.79 Å². The fourth-order valence-corrected chi connectivity index (χ4v) is 4.94. The highest BCUT2D eigenvalue weighted by Gasteiger charge is 2.32. The van der Waals surface area contributed by atoms with Gasteiger partial charge in [-0.3, -0.25) is 4.79 Å². The van der Waals surface area contributed by atoms with Crippen molar-refractivity contribution in [3.63, 3.8) is 0 Å². The van der Waals surface area contributed by atoms with Crippen molar-refractivity contribution in [2.24, 2.45) is 0 Å². The number of hydrogen-bond acceptors (Lipinski definition) is 6. The first-order valence-electron chi connectivity index (χ1n) is 9.84. The smallest absolute Gasteiger partial charge is 0.235 e. The summed E-state index contributed by atoms with van der Waals surface area (Å²) in [6, 6.07) is 11.9. The maximum atomic E-state index is 12.6. The Balaban J connectivity index is 1.89. The average Bonchev–Trinajstić information content (AvgIpc) is 2.98. The molecule has 0 saturated heterocycles. The van der Waals surface area contributed by atoms with Crippen LogP contribution in [0.5, 0.6) is 17.2 Å². The van der Waals surface area contributed by atoms with Gasteiger partial charge in [0.1, 0.15) is 5.82 Å². The van der Waals surface area contributed by atoms with Crippen LogP contribution in [0.4, 0.5) is 5.82 Å². The lowest BCUT2D eigenvalue weighted by Crippen LogP contribution is -2.15. The number of benzene rings is 2. The molecule has 0 aliphatic carbocycles. The van der Waals surface area contributed by atoms with E-state index in [1.807, 2.05) is 50.2 Å². The molecule has 31 heavy (non-hydrogen) atoms. The molecule has 1 aromatic heterocycles. The summed E-state index contributed by atoms with van der Waals surface area (Å²) in [7, 11) is 4.77. The van der Waals surface area contributed by atoms with E-state index in [2.05, 4.69) is 5.32 Å². The van der Waals surface area contributed by atoms with Crippen molar-refractivity contribution in [3.05, 3.63) is 58.8 Å². The number of nitrogens with zero attached hydrogens (tertiary/aromatic N) is 2. The zero-order chi connectivity index (χ0) is 22.1. The van der Waals surface area contributed by atoms with Crippen molar-refractivity contribution in [2.75, 3.05) is 32.4 Å². The maximum absolute atomic E-state index is 12.6. The van der Waals surface area contributed by atoms with Gasteiger partial charge in [0.25, 0.3) is 0 Å². The van der Waals surface area contributed by atoms with Crippen molar-refractivity contribution >= 4 is 23.5 Å². The van der Waals surface area contributed by atoms with Gasteiger partial charge in [-0.15, -0.1) is 11.8 Å². The number of thioether (sulfide) groups is 1. The van der Waals surface area contributed by atoms with E-state index < -0.39 is 0 Å². The Morgan fingerprint density at radius 2 is 1.68 bits per heavy atom. The Morgan fingerprint density at radius 1 is 1.03 bits per heavy atom. The molecule has 0 unspecified atom stereocenters. The summed E-state index contributed by atoms with van der Waals surface area (Å²) in [5.74, 6) is 2.64. The van der Waals surface area contributed by atoms with Crippen LogP contribution in [-0.4, -0.2) is 42.8 Å². The van der Waals surface area contributed by atoms with Crippen LogP contribution < -0.4 is 19.5 Å². The van der Waals surface area contributed by atoms with E-state index in [1.54, 1.807) is 37.8 Å². The second-order valence-corrected chi connectivity index (χ2v) is 8.39. The molecule has 1 amide bonds. The van der Waals surface area contributed by atoms with Gasteiger partial charge in [-0.1, -0.05) is 17.7 Å². The number of ether oxygens (including phenoxy) is 3. The van der Waals surface area contributed by atoms with Gasteiger partial charge in [0.05, 0.1) is 43.7 Å². The van der Waals surface area contributed by atoms with Crippen LogP contribution >= 0.6 is 11.8 Å². The average molecular weight is 440 g/mol. The lowest BCUT2D eigenvalue weighted by Gasteiger charge is -2.19. The summed E-state index contributed by atoms with van der Waals surface area (Å²) >= 11 is 1.55. The Bertz CT molecular complexity index is 1100. The van der Waals surface area contributed by atoms with E-state index in [1.165, 1.54) is 0 Å². The molecule has 0 fully saturated rings. The number of methoxy groups -OCH3 is 3. The molecule has 0 spiro atoms. The Kier molecular flexibility index (Phi) is 5.82. The van der Waals surface area contributed by atoms with Crippen molar-refractivity contribution in [3.8, 4) is 22.9 Å². The molecule has 8 heteroatoms. The van der Waals surface area contributed by atoms with Crippen LogP contribution in [0.3, 0.4) is 0 Å². The summed E-state index contributed by atoms with van der Waals surface area (Å²) in [4.78, 5) is 12.6. The number of fused-ring (bicyclic) bond motifs is 1. The highest BCUT2D eigenvalue weighted by atomic mass is 32.2. The monoisotopic (exact) mass is 439 g/mol. The highest BCUT2D eigenvalue weighted by Crippen LogP contribution is 2.48. The minimum absolute atomic E-state index is 0.0607. The molecule has 1 N–H and O–H groups in total. The van der Waals surface area contributed by atoms with Crippen molar-refractivity contribution in [2.45, 2.75) is 19.1 Å². The van der Waals surface area contributed by atoms with Gasteiger partial charge in [0, 0.05) is 5.56 Å². The standard InChI is InChI=1S/C23H25N3O4S/c1-13-6-8-16(9-7-13)26-23-20(14(2)25-26)22(31-12-19(27)24-23)15-10-17(28-3)21(30-5)18(11-15)29-4/h6-11,22H,12H2,1-5H3,(H,24,27)/t22-/m1/s1. The number of hydrogen-bond donors (Lipinski definition) is 1. The van der Waals surface area contributed by atoms with Crippen LogP contribution in [-0.2, 0) is 4.79 Å². The van der Waals surface area contributed by atoms with Gasteiger partial charge in [-0.25, -0.2) is 4.68 Å². The fourth-order valence-electron chi connectivity index (χ4n) is 3.77. The normalized spacial score (nSPS) is 15.6. The molecule has 1 aliphatic heterocycles. The number of nitrogens with one attached hydrogen (secondary N) is 1. The van der Waals surface area contributed by atoms with Crippen LogP contribution in [0, 0.1) is 13.8 Å². The second kappa shape index (κ2) is 8.55. The number of aromatic nitrogens is 2. The van der Waals surface area contributed by atoms with Crippen molar-refractivity contribution in [1.29, 1.82) is 0 Å². The molecule has 2 heterocycles. The van der Waals surface area contributed by atoms with E-state index in [0.29, 0.717) is 28.8 Å². The number of aryl methyl sites for hydroxylation is 2. The number of rotatable bonds is 5. The third-order valence-corrected chi connectivity index (χ3v) is 6.55. The minimum Gasteiger partial charge on any atom is -0.493 e. The van der Waals surface area contributed by atoms with Crippen LogP contribution in [0.2, 0.25) is 0 Å². The summed E-state index contributed by atoms with van der Waals surface area (Å²) in [6.45, 7) is 4.00. The highest BCUT2D eigenvalue weighted by molar-refractivity contribution is 8.00. The first kappa shape index (κ1) is 21.1. The summed E-state index contributed by atoms with van der Waals surface area (Å²) in [5.41, 5.74) is 4.82. The molecule has 4 rings (SSSR count). The zero-order valence-corrected chi connectivity index (χ0v) is 19.0. The third kappa shape index (κ3) is 3.83. The van der Waals surface area contributed by atoms with Crippen molar-refractivity contribution in [1.82, 2.24) is 9.78 Å². The third-order valence-electron chi connectivity index (χ3n) is 5.28. The minimum atomic E-state index is -0.137. The topological polar surface area (TPSA) is 74.6 Å². The summed E-state index contributed by atoms with van der Waals surface area (Å²) in [5, 5.41) is 7.69. The lowest BCUT2D eigenvalue weighted by atomic mass is 10.0. The van der Waals surface area contributed by atoms with Gasteiger partial charge in [-0.05, 0) is 43.7 Å². The maximum Gasteiger partial charge on any atom is 0.235 e. The quantitative estimate of drug-likeness (QED) is 0.639.